The standard InChI is InChI=1S/C13H17N3O5/c1-2-19-10-7-9(21-15-10)11(17)16-5-3-13(4-6-16)8-20-12(18)14-13/h7H,2-6,8H2,1H3,(H,14,18). The predicted molar refractivity (Wildman–Crippen MR) is 70.0 cm³/mol. The Kier molecular flexibility index (Phi) is 3.44. The van der Waals surface area contributed by atoms with Crippen molar-refractivity contribution < 1.29 is 23.6 Å². The Morgan fingerprint density at radius 2 is 2.29 bits per heavy atom. The van der Waals surface area contributed by atoms with E-state index >= 15 is 0 Å². The molecule has 2 saturated heterocycles. The van der Waals surface area contributed by atoms with E-state index in [1.54, 1.807) is 4.90 Å². The van der Waals surface area contributed by atoms with Crippen molar-refractivity contribution in [3.8, 4) is 5.88 Å². The molecule has 8 heteroatoms. The van der Waals surface area contributed by atoms with Crippen molar-refractivity contribution in [3.63, 3.8) is 0 Å². The van der Waals surface area contributed by atoms with Gasteiger partial charge in [0.1, 0.15) is 6.61 Å². The first kappa shape index (κ1) is 13.7. The Morgan fingerprint density at radius 1 is 1.52 bits per heavy atom. The fraction of sp³-hybridized carbons (Fsp3) is 0.615. The van der Waals surface area contributed by atoms with Crippen LogP contribution >= 0.6 is 0 Å². The molecule has 0 atom stereocenters. The van der Waals surface area contributed by atoms with Gasteiger partial charge in [-0.1, -0.05) is 0 Å². The molecule has 8 nitrogen and oxygen atoms in total. The molecule has 114 valence electrons. The molecule has 3 rings (SSSR count). The molecule has 0 saturated carbocycles. The van der Waals surface area contributed by atoms with Crippen molar-refractivity contribution in [1.82, 2.24) is 15.4 Å². The molecule has 2 fully saturated rings. The number of carbonyl (C=O) groups excluding carboxylic acids is 2. The van der Waals surface area contributed by atoms with Crippen molar-refractivity contribution in [2.45, 2.75) is 25.3 Å². The zero-order valence-corrected chi connectivity index (χ0v) is 11.8. The van der Waals surface area contributed by atoms with Crippen molar-refractivity contribution in [3.05, 3.63) is 11.8 Å². The van der Waals surface area contributed by atoms with Crippen LogP contribution < -0.4 is 10.1 Å². The Morgan fingerprint density at radius 3 is 2.90 bits per heavy atom. The van der Waals surface area contributed by atoms with Gasteiger partial charge in [-0.15, -0.1) is 0 Å². The van der Waals surface area contributed by atoms with Gasteiger partial charge in [0, 0.05) is 13.1 Å². The number of alkyl carbamates (subject to hydrolysis) is 1. The number of hydrogen-bond donors (Lipinski definition) is 1. The maximum absolute atomic E-state index is 12.3. The van der Waals surface area contributed by atoms with Gasteiger partial charge in [-0.2, -0.15) is 0 Å². The van der Waals surface area contributed by atoms with E-state index in [2.05, 4.69) is 10.5 Å². The number of aromatic nitrogens is 1. The van der Waals surface area contributed by atoms with Crippen LogP contribution in [0.1, 0.15) is 30.3 Å². The molecule has 2 amide bonds. The van der Waals surface area contributed by atoms with E-state index in [1.165, 1.54) is 6.07 Å². The van der Waals surface area contributed by atoms with Gasteiger partial charge in [0.15, 0.2) is 0 Å². The fourth-order valence-electron chi connectivity index (χ4n) is 2.63. The number of likely N-dealkylation sites (tertiary alicyclic amines) is 1. The zero-order chi connectivity index (χ0) is 14.9. The van der Waals surface area contributed by atoms with Gasteiger partial charge in [0.2, 0.25) is 5.76 Å². The molecule has 1 N–H and O–H groups in total. The Balaban J connectivity index is 1.60. The maximum Gasteiger partial charge on any atom is 0.407 e. The molecule has 0 unspecified atom stereocenters. The van der Waals surface area contributed by atoms with E-state index in [0.717, 1.165) is 0 Å². The monoisotopic (exact) mass is 295 g/mol. The minimum absolute atomic E-state index is 0.168. The lowest BCUT2D eigenvalue weighted by molar-refractivity contribution is 0.0603. The average molecular weight is 295 g/mol. The third kappa shape index (κ3) is 2.65. The van der Waals surface area contributed by atoms with E-state index in [1.807, 2.05) is 6.92 Å². The van der Waals surface area contributed by atoms with Crippen LogP contribution in [0.4, 0.5) is 4.79 Å². The topological polar surface area (TPSA) is 93.9 Å². The summed E-state index contributed by atoms with van der Waals surface area (Å²) in [6.45, 7) is 3.73. The summed E-state index contributed by atoms with van der Waals surface area (Å²) < 4.78 is 15.1. The van der Waals surface area contributed by atoms with Gasteiger partial charge in [-0.05, 0) is 24.9 Å². The van der Waals surface area contributed by atoms with Crippen LogP contribution in [0.15, 0.2) is 10.6 Å². The SMILES string of the molecule is CCOc1cc(C(=O)N2CCC3(CC2)COC(=O)N3)on1. The second-order valence-electron chi connectivity index (χ2n) is 5.24. The number of amides is 2. The molecular formula is C13H17N3O5. The molecule has 0 aromatic carbocycles. The second-order valence-corrected chi connectivity index (χ2v) is 5.24. The summed E-state index contributed by atoms with van der Waals surface area (Å²) in [7, 11) is 0. The van der Waals surface area contributed by atoms with E-state index in [0.29, 0.717) is 45.0 Å². The Labute approximate surface area is 121 Å². The number of nitrogens with zero attached hydrogens (tertiary/aromatic N) is 2. The van der Waals surface area contributed by atoms with Crippen molar-refractivity contribution in [2.75, 3.05) is 26.3 Å². The number of carbonyl (C=O) groups is 2. The quantitative estimate of drug-likeness (QED) is 0.886. The number of hydrogen-bond acceptors (Lipinski definition) is 6. The Hall–Kier alpha value is -2.25. The van der Waals surface area contributed by atoms with Crippen LogP contribution in [0.2, 0.25) is 0 Å². The lowest BCUT2D eigenvalue weighted by Gasteiger charge is -2.36. The van der Waals surface area contributed by atoms with Crippen LogP contribution in [0.3, 0.4) is 0 Å². The fourth-order valence-corrected chi connectivity index (χ4v) is 2.63. The lowest BCUT2D eigenvalue weighted by Crippen LogP contribution is -2.53. The molecule has 1 spiro atoms. The summed E-state index contributed by atoms with van der Waals surface area (Å²) in [5, 5.41) is 6.52. The molecule has 1 aromatic heterocycles. The molecule has 1 aromatic rings. The van der Waals surface area contributed by atoms with Gasteiger partial charge < -0.3 is 24.2 Å². The first-order valence-corrected chi connectivity index (χ1v) is 6.96. The smallest absolute Gasteiger partial charge is 0.407 e. The maximum atomic E-state index is 12.3. The van der Waals surface area contributed by atoms with Crippen LogP contribution in [0.25, 0.3) is 0 Å². The summed E-state index contributed by atoms with van der Waals surface area (Å²) in [4.78, 5) is 25.2. The van der Waals surface area contributed by atoms with Crippen LogP contribution in [0, 0.1) is 0 Å². The second kappa shape index (κ2) is 5.27. The third-order valence-electron chi connectivity index (χ3n) is 3.85. The molecule has 3 heterocycles. The number of rotatable bonds is 3. The number of cyclic esters (lactones) is 1. The van der Waals surface area contributed by atoms with Crippen molar-refractivity contribution in [1.29, 1.82) is 0 Å². The van der Waals surface area contributed by atoms with Gasteiger partial charge in [-0.3, -0.25) is 4.79 Å². The first-order valence-electron chi connectivity index (χ1n) is 6.96. The summed E-state index contributed by atoms with van der Waals surface area (Å²) >= 11 is 0. The molecule has 0 aliphatic carbocycles. The molecule has 2 aliphatic heterocycles. The predicted octanol–water partition coefficient (Wildman–Crippen LogP) is 0.788. The van der Waals surface area contributed by atoms with Gasteiger partial charge >= 0.3 is 6.09 Å². The summed E-state index contributed by atoms with van der Waals surface area (Å²) in [5.74, 6) is 0.264. The van der Waals surface area contributed by atoms with E-state index < -0.39 is 0 Å². The van der Waals surface area contributed by atoms with Crippen molar-refractivity contribution >= 4 is 12.0 Å². The minimum Gasteiger partial charge on any atom is -0.476 e. The lowest BCUT2D eigenvalue weighted by atomic mass is 9.89. The normalized spacial score (nSPS) is 20.2. The summed E-state index contributed by atoms with van der Waals surface area (Å²) in [6.07, 6.45) is 0.944. The molecular weight excluding hydrogens is 278 g/mol. The van der Waals surface area contributed by atoms with E-state index in [-0.39, 0.29) is 23.3 Å². The van der Waals surface area contributed by atoms with E-state index in [4.69, 9.17) is 14.0 Å². The van der Waals surface area contributed by atoms with Crippen LogP contribution in [-0.2, 0) is 4.74 Å². The highest BCUT2D eigenvalue weighted by molar-refractivity contribution is 5.91. The molecule has 0 radical (unpaired) electrons. The largest absolute Gasteiger partial charge is 0.476 e. The number of nitrogens with one attached hydrogen (secondary N) is 1. The van der Waals surface area contributed by atoms with Gasteiger partial charge in [0.25, 0.3) is 11.8 Å². The highest BCUT2D eigenvalue weighted by Gasteiger charge is 2.43. The first-order chi connectivity index (χ1) is 10.1. The zero-order valence-electron chi connectivity index (χ0n) is 11.8. The minimum atomic E-state index is -0.383. The van der Waals surface area contributed by atoms with Gasteiger partial charge in [-0.25, -0.2) is 4.79 Å². The highest BCUT2D eigenvalue weighted by atomic mass is 16.6. The Bertz CT molecular complexity index is 548. The number of ether oxygens (including phenoxy) is 2. The van der Waals surface area contributed by atoms with Crippen LogP contribution in [-0.4, -0.2) is 53.9 Å². The third-order valence-corrected chi connectivity index (χ3v) is 3.85. The van der Waals surface area contributed by atoms with Gasteiger partial charge in [0.05, 0.1) is 18.2 Å². The summed E-state index contributed by atoms with van der Waals surface area (Å²) in [5.41, 5.74) is -0.328. The van der Waals surface area contributed by atoms with E-state index in [9.17, 15) is 9.59 Å². The molecule has 21 heavy (non-hydrogen) atoms. The van der Waals surface area contributed by atoms with Crippen LogP contribution in [0.5, 0.6) is 5.88 Å². The molecule has 0 bridgehead atoms. The summed E-state index contributed by atoms with van der Waals surface area (Å²) in [6, 6.07) is 1.50. The highest BCUT2D eigenvalue weighted by Crippen LogP contribution is 2.27. The van der Waals surface area contributed by atoms with Crippen molar-refractivity contribution in [2.24, 2.45) is 0 Å². The molecule has 2 aliphatic rings. The average Bonchev–Trinajstić information content (AvgIpc) is 3.07. The number of piperidine rings is 1.